The molecule has 0 amide bonds. The van der Waals surface area contributed by atoms with Gasteiger partial charge in [0.25, 0.3) is 0 Å². The van der Waals surface area contributed by atoms with Crippen LogP contribution in [-0.2, 0) is 5.41 Å². The first-order valence-corrected chi connectivity index (χ1v) is 7.24. The summed E-state index contributed by atoms with van der Waals surface area (Å²) in [7, 11) is 0. The van der Waals surface area contributed by atoms with Crippen LogP contribution in [0.3, 0.4) is 0 Å². The molecule has 5 rings (SSSR count). The van der Waals surface area contributed by atoms with Crippen molar-refractivity contribution in [3.63, 3.8) is 0 Å². The Balaban J connectivity index is 1.70. The minimum atomic E-state index is -0.153. The fraction of sp³-hybridized carbons (Fsp3) is 0.857. The van der Waals surface area contributed by atoms with Gasteiger partial charge in [0.15, 0.2) is 5.82 Å². The molecule has 4 saturated carbocycles. The molecule has 4 nitrogen and oxygen atoms in total. The van der Waals surface area contributed by atoms with E-state index in [0.717, 1.165) is 23.6 Å². The predicted octanol–water partition coefficient (Wildman–Crippen LogP) is 2.56. The van der Waals surface area contributed by atoms with Crippen molar-refractivity contribution in [2.75, 3.05) is 0 Å². The number of aromatic nitrogens is 2. The molecule has 18 heavy (non-hydrogen) atoms. The van der Waals surface area contributed by atoms with Gasteiger partial charge in [0.1, 0.15) is 0 Å². The smallest absolute Gasteiger partial charge is 0.243 e. The van der Waals surface area contributed by atoms with Crippen molar-refractivity contribution < 1.29 is 4.52 Å². The lowest BCUT2D eigenvalue weighted by Gasteiger charge is -2.55. The molecule has 4 heteroatoms. The summed E-state index contributed by atoms with van der Waals surface area (Å²) < 4.78 is 5.33. The van der Waals surface area contributed by atoms with Gasteiger partial charge in [-0.3, -0.25) is 0 Å². The van der Waals surface area contributed by atoms with Crippen LogP contribution < -0.4 is 5.73 Å². The van der Waals surface area contributed by atoms with E-state index in [0.29, 0.717) is 5.89 Å². The van der Waals surface area contributed by atoms with Crippen molar-refractivity contribution in [1.82, 2.24) is 10.1 Å². The van der Waals surface area contributed by atoms with Crippen LogP contribution in [0.4, 0.5) is 0 Å². The van der Waals surface area contributed by atoms with Crippen molar-refractivity contribution in [2.24, 2.45) is 23.5 Å². The van der Waals surface area contributed by atoms with E-state index in [1.807, 2.05) is 6.92 Å². The normalized spacial score (nSPS) is 43.3. The summed E-state index contributed by atoms with van der Waals surface area (Å²) in [5.41, 5.74) is 6.05. The third-order valence-electron chi connectivity index (χ3n) is 5.34. The number of hydrogen-bond acceptors (Lipinski definition) is 4. The van der Waals surface area contributed by atoms with Crippen LogP contribution in [0, 0.1) is 17.8 Å². The second kappa shape index (κ2) is 3.56. The first-order chi connectivity index (χ1) is 8.64. The summed E-state index contributed by atoms with van der Waals surface area (Å²) in [4.78, 5) is 4.60. The third-order valence-corrected chi connectivity index (χ3v) is 5.34. The molecule has 4 aliphatic rings. The maximum Gasteiger partial charge on any atom is 0.243 e. The predicted molar refractivity (Wildman–Crippen MR) is 66.8 cm³/mol. The van der Waals surface area contributed by atoms with E-state index in [9.17, 15) is 0 Å². The van der Waals surface area contributed by atoms with Crippen molar-refractivity contribution in [1.29, 1.82) is 0 Å². The van der Waals surface area contributed by atoms with E-state index in [1.54, 1.807) is 0 Å². The summed E-state index contributed by atoms with van der Waals surface area (Å²) in [6.07, 6.45) is 8.15. The lowest BCUT2D eigenvalue weighted by molar-refractivity contribution is -0.0103. The minimum absolute atomic E-state index is 0.153. The van der Waals surface area contributed by atoms with Crippen molar-refractivity contribution in [3.05, 3.63) is 11.7 Å². The monoisotopic (exact) mass is 247 g/mol. The Morgan fingerprint density at radius 1 is 1.17 bits per heavy atom. The zero-order chi connectivity index (χ0) is 12.3. The standard InChI is InChI=1S/C14H21N3O/c1-8(15)12-16-13(17-18-12)14-5-9-2-10(6-14)4-11(3-9)7-14/h8-11H,2-7,15H2,1H3/t8-,9?,10?,11?,14?/m0/s1. The van der Waals surface area contributed by atoms with Gasteiger partial charge < -0.3 is 10.3 Å². The molecule has 1 atom stereocenters. The third kappa shape index (κ3) is 1.48. The van der Waals surface area contributed by atoms with Crippen LogP contribution in [0.15, 0.2) is 4.52 Å². The Labute approximate surface area is 107 Å². The first kappa shape index (κ1) is 11.0. The molecule has 1 aromatic rings. The Morgan fingerprint density at radius 2 is 1.72 bits per heavy atom. The van der Waals surface area contributed by atoms with Gasteiger partial charge in [-0.2, -0.15) is 4.98 Å². The molecule has 0 saturated heterocycles. The molecular formula is C14H21N3O. The Bertz CT molecular complexity index is 430. The number of nitrogens with two attached hydrogens (primary N) is 1. The van der Waals surface area contributed by atoms with Gasteiger partial charge in [-0.25, -0.2) is 0 Å². The molecule has 0 unspecified atom stereocenters. The summed E-state index contributed by atoms with van der Waals surface area (Å²) in [5.74, 6) is 4.28. The molecule has 98 valence electrons. The second-order valence-electron chi connectivity index (χ2n) is 6.94. The molecule has 1 heterocycles. The van der Waals surface area contributed by atoms with E-state index in [1.165, 1.54) is 38.5 Å². The molecule has 2 N–H and O–H groups in total. The number of nitrogens with zero attached hydrogens (tertiary/aromatic N) is 2. The van der Waals surface area contributed by atoms with Crippen LogP contribution in [0.25, 0.3) is 0 Å². The SMILES string of the molecule is C[C@H](N)c1nc(C23CC4CC(CC(C4)C2)C3)no1. The molecular weight excluding hydrogens is 226 g/mol. The van der Waals surface area contributed by atoms with Crippen molar-refractivity contribution in [3.8, 4) is 0 Å². The summed E-state index contributed by atoms with van der Waals surface area (Å²) in [6.45, 7) is 1.90. The van der Waals surface area contributed by atoms with Crippen LogP contribution in [0.2, 0.25) is 0 Å². The summed E-state index contributed by atoms with van der Waals surface area (Å²) >= 11 is 0. The van der Waals surface area contributed by atoms with Crippen LogP contribution in [0.5, 0.6) is 0 Å². The van der Waals surface area contributed by atoms with Crippen LogP contribution in [-0.4, -0.2) is 10.1 Å². The summed E-state index contributed by atoms with van der Waals surface area (Å²) in [5, 5.41) is 4.26. The molecule has 0 radical (unpaired) electrons. The average Bonchev–Trinajstić information content (AvgIpc) is 2.76. The molecule has 0 spiro atoms. The molecule has 0 aromatic carbocycles. The van der Waals surface area contributed by atoms with Crippen molar-refractivity contribution in [2.45, 2.75) is 56.9 Å². The lowest BCUT2D eigenvalue weighted by Crippen LogP contribution is -2.49. The zero-order valence-corrected chi connectivity index (χ0v) is 10.9. The number of hydrogen-bond donors (Lipinski definition) is 1. The van der Waals surface area contributed by atoms with E-state index >= 15 is 0 Å². The molecule has 0 aliphatic heterocycles. The lowest BCUT2D eigenvalue weighted by atomic mass is 9.49. The molecule has 4 fully saturated rings. The average molecular weight is 247 g/mol. The summed E-state index contributed by atoms with van der Waals surface area (Å²) in [6, 6.07) is -0.153. The largest absolute Gasteiger partial charge is 0.338 e. The highest BCUT2D eigenvalue weighted by Crippen LogP contribution is 2.60. The van der Waals surface area contributed by atoms with Crippen LogP contribution in [0.1, 0.15) is 63.2 Å². The highest BCUT2D eigenvalue weighted by Gasteiger charge is 2.53. The van der Waals surface area contributed by atoms with Gasteiger partial charge in [-0.05, 0) is 63.2 Å². The van der Waals surface area contributed by atoms with E-state index in [4.69, 9.17) is 10.3 Å². The Morgan fingerprint density at radius 3 is 2.17 bits per heavy atom. The zero-order valence-electron chi connectivity index (χ0n) is 10.9. The maximum absolute atomic E-state index is 5.82. The molecule has 4 bridgehead atoms. The van der Waals surface area contributed by atoms with Crippen LogP contribution >= 0.6 is 0 Å². The van der Waals surface area contributed by atoms with E-state index in [-0.39, 0.29) is 11.5 Å². The van der Waals surface area contributed by atoms with Gasteiger partial charge >= 0.3 is 0 Å². The second-order valence-corrected chi connectivity index (χ2v) is 6.94. The van der Waals surface area contributed by atoms with Gasteiger partial charge in [0.2, 0.25) is 5.89 Å². The minimum Gasteiger partial charge on any atom is -0.338 e. The van der Waals surface area contributed by atoms with Crippen molar-refractivity contribution >= 4 is 0 Å². The van der Waals surface area contributed by atoms with E-state index < -0.39 is 0 Å². The highest BCUT2D eigenvalue weighted by atomic mass is 16.5. The van der Waals surface area contributed by atoms with Gasteiger partial charge in [-0.15, -0.1) is 0 Å². The fourth-order valence-corrected chi connectivity index (χ4v) is 5.02. The van der Waals surface area contributed by atoms with Gasteiger partial charge in [0, 0.05) is 5.41 Å². The Hall–Kier alpha value is -0.900. The topological polar surface area (TPSA) is 64.9 Å². The first-order valence-electron chi connectivity index (χ1n) is 7.24. The highest BCUT2D eigenvalue weighted by molar-refractivity contribution is 5.16. The Kier molecular flexibility index (Phi) is 2.17. The van der Waals surface area contributed by atoms with E-state index in [2.05, 4.69) is 10.1 Å². The molecule has 1 aromatic heterocycles. The quantitative estimate of drug-likeness (QED) is 0.872. The van der Waals surface area contributed by atoms with Gasteiger partial charge in [0.05, 0.1) is 6.04 Å². The number of rotatable bonds is 2. The molecule has 4 aliphatic carbocycles. The fourth-order valence-electron chi connectivity index (χ4n) is 5.02. The van der Waals surface area contributed by atoms with Gasteiger partial charge in [-0.1, -0.05) is 5.16 Å². The maximum atomic E-state index is 5.82.